The SMILES string of the molecule is CC(C)NCc1ccc(Cl)cc1N(CCO)C1CCCC1. The summed E-state index contributed by atoms with van der Waals surface area (Å²) in [5.41, 5.74) is 2.44. The molecule has 1 saturated carbocycles. The van der Waals surface area contributed by atoms with Gasteiger partial charge in [0.25, 0.3) is 0 Å². The normalized spacial score (nSPS) is 15.9. The first kappa shape index (κ1) is 16.6. The average molecular weight is 311 g/mol. The Morgan fingerprint density at radius 3 is 2.67 bits per heavy atom. The maximum Gasteiger partial charge on any atom is 0.0606 e. The van der Waals surface area contributed by atoms with Crippen molar-refractivity contribution < 1.29 is 5.11 Å². The molecule has 0 amide bonds. The van der Waals surface area contributed by atoms with Crippen LogP contribution in [0.25, 0.3) is 0 Å². The molecule has 0 saturated heterocycles. The van der Waals surface area contributed by atoms with Gasteiger partial charge in [0.15, 0.2) is 0 Å². The van der Waals surface area contributed by atoms with Crippen molar-refractivity contribution in [2.24, 2.45) is 0 Å². The van der Waals surface area contributed by atoms with Crippen LogP contribution >= 0.6 is 11.6 Å². The zero-order chi connectivity index (χ0) is 15.2. The number of hydrogen-bond acceptors (Lipinski definition) is 3. The summed E-state index contributed by atoms with van der Waals surface area (Å²) in [5, 5.41) is 13.7. The molecule has 0 radical (unpaired) electrons. The van der Waals surface area contributed by atoms with Crippen molar-refractivity contribution in [3.8, 4) is 0 Å². The molecule has 2 rings (SSSR count). The zero-order valence-corrected chi connectivity index (χ0v) is 13.9. The third-order valence-corrected chi connectivity index (χ3v) is 4.40. The summed E-state index contributed by atoms with van der Waals surface area (Å²) in [4.78, 5) is 2.36. The molecule has 1 aromatic carbocycles. The van der Waals surface area contributed by atoms with E-state index in [1.165, 1.54) is 36.9 Å². The van der Waals surface area contributed by atoms with Gasteiger partial charge in [-0.3, -0.25) is 0 Å². The van der Waals surface area contributed by atoms with E-state index < -0.39 is 0 Å². The molecule has 1 aliphatic rings. The Kier molecular flexibility index (Phi) is 6.34. The van der Waals surface area contributed by atoms with Crippen LogP contribution in [0.2, 0.25) is 5.02 Å². The number of halogens is 1. The van der Waals surface area contributed by atoms with Crippen molar-refractivity contribution >= 4 is 17.3 Å². The van der Waals surface area contributed by atoms with Gasteiger partial charge in [0, 0.05) is 35.9 Å². The van der Waals surface area contributed by atoms with Crippen LogP contribution in [-0.2, 0) is 6.54 Å². The second kappa shape index (κ2) is 8.02. The molecule has 21 heavy (non-hydrogen) atoms. The van der Waals surface area contributed by atoms with E-state index in [0.717, 1.165) is 11.6 Å². The standard InChI is InChI=1S/C17H27ClN2O/c1-13(2)19-12-14-7-8-15(18)11-17(14)20(9-10-21)16-5-3-4-6-16/h7-8,11,13,16,19,21H,3-6,9-10,12H2,1-2H3. The lowest BCUT2D eigenvalue weighted by Crippen LogP contribution is -2.37. The highest BCUT2D eigenvalue weighted by atomic mass is 35.5. The van der Waals surface area contributed by atoms with E-state index in [2.05, 4.69) is 30.1 Å². The highest BCUT2D eigenvalue weighted by Crippen LogP contribution is 2.32. The molecule has 0 aromatic heterocycles. The third kappa shape index (κ3) is 4.60. The van der Waals surface area contributed by atoms with E-state index in [9.17, 15) is 5.11 Å². The Morgan fingerprint density at radius 1 is 1.33 bits per heavy atom. The molecule has 0 heterocycles. The molecule has 0 spiro atoms. The van der Waals surface area contributed by atoms with Crippen molar-refractivity contribution in [3.63, 3.8) is 0 Å². The third-order valence-electron chi connectivity index (χ3n) is 4.16. The Hall–Kier alpha value is -0.770. The lowest BCUT2D eigenvalue weighted by Gasteiger charge is -2.32. The molecule has 0 bridgehead atoms. The first-order valence-electron chi connectivity index (χ1n) is 8.01. The smallest absolute Gasteiger partial charge is 0.0606 e. The Bertz CT molecular complexity index is 444. The van der Waals surface area contributed by atoms with Crippen molar-refractivity contribution in [3.05, 3.63) is 28.8 Å². The number of benzene rings is 1. The molecule has 3 nitrogen and oxygen atoms in total. The molecule has 1 fully saturated rings. The van der Waals surface area contributed by atoms with Gasteiger partial charge in [-0.25, -0.2) is 0 Å². The molecule has 1 aliphatic carbocycles. The van der Waals surface area contributed by atoms with E-state index in [0.29, 0.717) is 18.6 Å². The highest BCUT2D eigenvalue weighted by molar-refractivity contribution is 6.30. The average Bonchev–Trinajstić information content (AvgIpc) is 2.97. The van der Waals surface area contributed by atoms with E-state index in [1.54, 1.807) is 0 Å². The summed E-state index contributed by atoms with van der Waals surface area (Å²) < 4.78 is 0. The minimum atomic E-state index is 0.181. The second-order valence-corrected chi connectivity index (χ2v) is 6.60. The quantitative estimate of drug-likeness (QED) is 0.808. The number of hydrogen-bond donors (Lipinski definition) is 2. The molecule has 0 unspecified atom stereocenters. The number of rotatable bonds is 7. The topological polar surface area (TPSA) is 35.5 Å². The highest BCUT2D eigenvalue weighted by Gasteiger charge is 2.24. The molecule has 0 atom stereocenters. The van der Waals surface area contributed by atoms with E-state index in [-0.39, 0.29) is 6.61 Å². The largest absolute Gasteiger partial charge is 0.395 e. The monoisotopic (exact) mass is 310 g/mol. The number of aliphatic hydroxyl groups is 1. The summed E-state index contributed by atoms with van der Waals surface area (Å²) in [6.07, 6.45) is 4.99. The minimum absolute atomic E-state index is 0.181. The van der Waals surface area contributed by atoms with Crippen LogP contribution in [0.4, 0.5) is 5.69 Å². The molecular weight excluding hydrogens is 284 g/mol. The van der Waals surface area contributed by atoms with Gasteiger partial charge < -0.3 is 15.3 Å². The van der Waals surface area contributed by atoms with Crippen LogP contribution in [0.15, 0.2) is 18.2 Å². The molecule has 1 aromatic rings. The summed E-state index contributed by atoms with van der Waals surface area (Å²) in [7, 11) is 0. The second-order valence-electron chi connectivity index (χ2n) is 6.16. The molecule has 118 valence electrons. The van der Waals surface area contributed by atoms with Crippen LogP contribution in [0, 0.1) is 0 Å². The Labute approximate surface area is 133 Å². The first-order chi connectivity index (χ1) is 10.1. The molecule has 2 N–H and O–H groups in total. The van der Waals surface area contributed by atoms with Crippen LogP contribution in [0.3, 0.4) is 0 Å². The fourth-order valence-electron chi connectivity index (χ4n) is 3.09. The van der Waals surface area contributed by atoms with Crippen molar-refractivity contribution in [1.29, 1.82) is 0 Å². The Morgan fingerprint density at radius 2 is 2.05 bits per heavy atom. The van der Waals surface area contributed by atoms with E-state index in [1.807, 2.05) is 12.1 Å². The van der Waals surface area contributed by atoms with Gasteiger partial charge in [0.2, 0.25) is 0 Å². The fraction of sp³-hybridized carbons (Fsp3) is 0.647. The van der Waals surface area contributed by atoms with Gasteiger partial charge >= 0.3 is 0 Å². The molecule has 4 heteroatoms. The summed E-state index contributed by atoms with van der Waals surface area (Å²) >= 11 is 6.22. The summed E-state index contributed by atoms with van der Waals surface area (Å²) in [5.74, 6) is 0. The van der Waals surface area contributed by atoms with Gasteiger partial charge in [0.05, 0.1) is 6.61 Å². The summed E-state index contributed by atoms with van der Waals surface area (Å²) in [6, 6.07) is 7.09. The maximum absolute atomic E-state index is 9.45. The van der Waals surface area contributed by atoms with Gasteiger partial charge in [-0.1, -0.05) is 44.4 Å². The Balaban J connectivity index is 2.25. The fourth-order valence-corrected chi connectivity index (χ4v) is 3.26. The van der Waals surface area contributed by atoms with Crippen LogP contribution in [0.5, 0.6) is 0 Å². The van der Waals surface area contributed by atoms with Crippen LogP contribution in [-0.4, -0.2) is 30.3 Å². The van der Waals surface area contributed by atoms with E-state index >= 15 is 0 Å². The number of aliphatic hydroxyl groups excluding tert-OH is 1. The molecule has 0 aliphatic heterocycles. The number of nitrogens with one attached hydrogen (secondary N) is 1. The predicted octanol–water partition coefficient (Wildman–Crippen LogP) is 3.58. The van der Waals surface area contributed by atoms with Crippen molar-refractivity contribution in [1.82, 2.24) is 5.32 Å². The minimum Gasteiger partial charge on any atom is -0.395 e. The number of nitrogens with zero attached hydrogens (tertiary/aromatic N) is 1. The van der Waals surface area contributed by atoms with Gasteiger partial charge in [0.1, 0.15) is 0 Å². The first-order valence-corrected chi connectivity index (χ1v) is 8.39. The summed E-state index contributed by atoms with van der Waals surface area (Å²) in [6.45, 7) is 5.99. The lowest BCUT2D eigenvalue weighted by molar-refractivity contribution is 0.297. The van der Waals surface area contributed by atoms with Crippen molar-refractivity contribution in [2.75, 3.05) is 18.1 Å². The molecular formula is C17H27ClN2O. The van der Waals surface area contributed by atoms with Gasteiger partial charge in [-0.15, -0.1) is 0 Å². The van der Waals surface area contributed by atoms with E-state index in [4.69, 9.17) is 11.6 Å². The van der Waals surface area contributed by atoms with Crippen LogP contribution < -0.4 is 10.2 Å². The maximum atomic E-state index is 9.45. The number of anilines is 1. The zero-order valence-electron chi connectivity index (χ0n) is 13.1. The van der Waals surface area contributed by atoms with Gasteiger partial charge in [-0.05, 0) is 30.5 Å². The van der Waals surface area contributed by atoms with Gasteiger partial charge in [-0.2, -0.15) is 0 Å². The predicted molar refractivity (Wildman–Crippen MR) is 90.1 cm³/mol. The van der Waals surface area contributed by atoms with Crippen LogP contribution in [0.1, 0.15) is 45.1 Å². The van der Waals surface area contributed by atoms with Crippen molar-refractivity contribution in [2.45, 2.75) is 58.2 Å². The lowest BCUT2D eigenvalue weighted by atomic mass is 10.1.